The fraction of sp³-hybridized carbons (Fsp3) is 0.500. The van der Waals surface area contributed by atoms with E-state index in [0.717, 1.165) is 17.7 Å². The number of nitrogens with one attached hydrogen (secondary N) is 2. The molecule has 116 valence electrons. The van der Waals surface area contributed by atoms with Gasteiger partial charge in [-0.1, -0.05) is 39.8 Å². The number of hydrogen-bond donors (Lipinski definition) is 3. The van der Waals surface area contributed by atoms with Gasteiger partial charge in [0.15, 0.2) is 0 Å². The van der Waals surface area contributed by atoms with Gasteiger partial charge in [-0.05, 0) is 29.5 Å². The largest absolute Gasteiger partial charge is 0.346 e. The summed E-state index contributed by atoms with van der Waals surface area (Å²) in [6, 6.07) is 6.98. The van der Waals surface area contributed by atoms with Crippen LogP contribution >= 0.6 is 0 Å². The molecule has 0 aliphatic heterocycles. The van der Waals surface area contributed by atoms with E-state index < -0.39 is 6.04 Å². The Hall–Kier alpha value is -1.88. The fourth-order valence-electron chi connectivity index (χ4n) is 1.74. The van der Waals surface area contributed by atoms with Gasteiger partial charge in [0.05, 0.1) is 12.6 Å². The minimum atomic E-state index is -0.645. The molecule has 4 N–H and O–H groups in total. The maximum atomic E-state index is 11.8. The predicted octanol–water partition coefficient (Wildman–Crippen LogP) is 1.68. The van der Waals surface area contributed by atoms with Crippen molar-refractivity contribution in [3.8, 4) is 0 Å². The Bertz CT molecular complexity index is 506. The number of nitrogens with two attached hydrogens (primary N) is 1. The average molecular weight is 291 g/mol. The number of amides is 2. The molecule has 0 fully saturated rings. The van der Waals surface area contributed by atoms with Gasteiger partial charge in [-0.2, -0.15) is 0 Å². The third kappa shape index (κ3) is 5.55. The molecule has 0 aliphatic carbocycles. The molecule has 0 aliphatic rings. The summed E-state index contributed by atoms with van der Waals surface area (Å²) in [4.78, 5) is 23.7. The first kappa shape index (κ1) is 17.2. The lowest BCUT2D eigenvalue weighted by molar-refractivity contribution is -0.126. The van der Waals surface area contributed by atoms with Crippen LogP contribution in [0, 0.1) is 5.41 Å². The van der Waals surface area contributed by atoms with E-state index in [1.54, 1.807) is 0 Å². The Morgan fingerprint density at radius 1 is 1.29 bits per heavy atom. The average Bonchev–Trinajstić information content (AvgIpc) is 2.43. The van der Waals surface area contributed by atoms with E-state index in [1.165, 1.54) is 0 Å². The van der Waals surface area contributed by atoms with Gasteiger partial charge in [-0.3, -0.25) is 9.59 Å². The van der Waals surface area contributed by atoms with Gasteiger partial charge in [0.25, 0.3) is 0 Å². The van der Waals surface area contributed by atoms with Crippen LogP contribution in [0.15, 0.2) is 24.3 Å². The summed E-state index contributed by atoms with van der Waals surface area (Å²) in [6.07, 6.45) is 0.904. The van der Waals surface area contributed by atoms with E-state index in [1.807, 2.05) is 45.0 Å². The topological polar surface area (TPSA) is 84.2 Å². The summed E-state index contributed by atoms with van der Waals surface area (Å²) in [6.45, 7) is 7.61. The lowest BCUT2D eigenvalue weighted by Gasteiger charge is -2.25. The van der Waals surface area contributed by atoms with Crippen LogP contribution in [0.25, 0.3) is 0 Å². The molecule has 0 spiro atoms. The van der Waals surface area contributed by atoms with Crippen molar-refractivity contribution in [3.63, 3.8) is 0 Å². The molecule has 0 saturated heterocycles. The first-order valence-corrected chi connectivity index (χ1v) is 7.16. The molecular weight excluding hydrogens is 266 g/mol. The van der Waals surface area contributed by atoms with Crippen LogP contribution < -0.4 is 16.4 Å². The standard InChI is InChI=1S/C16H25N3O2/c1-5-11-7-6-8-12(9-11)19-13(20)10-18-15(21)14(17)16(2,3)4/h6-9,14H,5,10,17H2,1-4H3,(H,18,21)(H,19,20)/t14-/m1/s1. The summed E-state index contributed by atoms with van der Waals surface area (Å²) in [7, 11) is 0. The van der Waals surface area contributed by atoms with Gasteiger partial charge >= 0.3 is 0 Å². The number of aryl methyl sites for hydroxylation is 1. The van der Waals surface area contributed by atoms with Crippen molar-refractivity contribution in [1.29, 1.82) is 0 Å². The zero-order valence-corrected chi connectivity index (χ0v) is 13.2. The van der Waals surface area contributed by atoms with Crippen molar-refractivity contribution in [2.75, 3.05) is 11.9 Å². The van der Waals surface area contributed by atoms with E-state index in [0.29, 0.717) is 0 Å². The third-order valence-electron chi connectivity index (χ3n) is 3.26. The SMILES string of the molecule is CCc1cccc(NC(=O)CNC(=O)[C@@H](N)C(C)(C)C)c1. The van der Waals surface area contributed by atoms with Crippen molar-refractivity contribution in [3.05, 3.63) is 29.8 Å². The summed E-state index contributed by atoms with van der Waals surface area (Å²) >= 11 is 0. The van der Waals surface area contributed by atoms with Crippen LogP contribution in [-0.4, -0.2) is 24.4 Å². The lowest BCUT2D eigenvalue weighted by Crippen LogP contribution is -2.50. The number of carbonyl (C=O) groups excluding carboxylic acids is 2. The Kier molecular flexibility index (Phi) is 5.90. The summed E-state index contributed by atoms with van der Waals surface area (Å²) < 4.78 is 0. The highest BCUT2D eigenvalue weighted by molar-refractivity contribution is 5.95. The monoisotopic (exact) mass is 291 g/mol. The van der Waals surface area contributed by atoms with Crippen LogP contribution in [-0.2, 0) is 16.0 Å². The zero-order valence-electron chi connectivity index (χ0n) is 13.2. The number of anilines is 1. The molecule has 5 heteroatoms. The molecular formula is C16H25N3O2. The van der Waals surface area contributed by atoms with Crippen LogP contribution in [0.1, 0.15) is 33.3 Å². The molecule has 0 saturated carbocycles. The summed E-state index contributed by atoms with van der Waals surface area (Å²) in [5, 5.41) is 5.32. The Labute approximate surface area is 126 Å². The van der Waals surface area contributed by atoms with Gasteiger partial charge in [-0.15, -0.1) is 0 Å². The predicted molar refractivity (Wildman–Crippen MR) is 84.9 cm³/mol. The van der Waals surface area contributed by atoms with Gasteiger partial charge in [0.1, 0.15) is 0 Å². The quantitative estimate of drug-likeness (QED) is 0.771. The molecule has 5 nitrogen and oxygen atoms in total. The van der Waals surface area contributed by atoms with Crippen molar-refractivity contribution >= 4 is 17.5 Å². The second-order valence-corrected chi connectivity index (χ2v) is 6.16. The fourth-order valence-corrected chi connectivity index (χ4v) is 1.74. The first-order valence-electron chi connectivity index (χ1n) is 7.16. The molecule has 1 aromatic rings. The van der Waals surface area contributed by atoms with Crippen molar-refractivity contribution in [1.82, 2.24) is 5.32 Å². The van der Waals surface area contributed by atoms with Crippen LogP contribution in [0.5, 0.6) is 0 Å². The maximum Gasteiger partial charge on any atom is 0.243 e. The minimum Gasteiger partial charge on any atom is -0.346 e. The highest BCUT2D eigenvalue weighted by Crippen LogP contribution is 2.17. The second-order valence-electron chi connectivity index (χ2n) is 6.16. The van der Waals surface area contributed by atoms with Crippen molar-refractivity contribution < 1.29 is 9.59 Å². The van der Waals surface area contributed by atoms with Gasteiger partial charge < -0.3 is 16.4 Å². The number of hydrogen-bond acceptors (Lipinski definition) is 3. The number of benzene rings is 1. The molecule has 1 atom stereocenters. The molecule has 1 rings (SSSR count). The Balaban J connectivity index is 2.49. The highest BCUT2D eigenvalue weighted by atomic mass is 16.2. The maximum absolute atomic E-state index is 11.8. The van der Waals surface area contributed by atoms with Gasteiger partial charge in [0.2, 0.25) is 11.8 Å². The molecule has 0 heterocycles. The molecule has 0 radical (unpaired) electrons. The summed E-state index contributed by atoms with van der Waals surface area (Å²) in [5.74, 6) is -0.585. The lowest BCUT2D eigenvalue weighted by atomic mass is 9.87. The Morgan fingerprint density at radius 3 is 2.52 bits per heavy atom. The van der Waals surface area contributed by atoms with E-state index in [4.69, 9.17) is 5.73 Å². The van der Waals surface area contributed by atoms with Crippen molar-refractivity contribution in [2.24, 2.45) is 11.1 Å². The molecule has 1 aromatic carbocycles. The second kappa shape index (κ2) is 7.22. The van der Waals surface area contributed by atoms with Gasteiger partial charge in [0, 0.05) is 5.69 Å². The highest BCUT2D eigenvalue weighted by Gasteiger charge is 2.27. The minimum absolute atomic E-state index is 0.0844. The molecule has 0 unspecified atom stereocenters. The normalized spacial score (nSPS) is 12.6. The van der Waals surface area contributed by atoms with Gasteiger partial charge in [-0.25, -0.2) is 0 Å². The third-order valence-corrected chi connectivity index (χ3v) is 3.26. The van der Waals surface area contributed by atoms with Crippen LogP contribution in [0.3, 0.4) is 0 Å². The number of carbonyl (C=O) groups is 2. The molecule has 0 bridgehead atoms. The van der Waals surface area contributed by atoms with Crippen molar-refractivity contribution in [2.45, 2.75) is 40.2 Å². The van der Waals surface area contributed by atoms with E-state index in [2.05, 4.69) is 17.6 Å². The van der Waals surface area contributed by atoms with E-state index in [9.17, 15) is 9.59 Å². The van der Waals surface area contributed by atoms with Crippen LogP contribution in [0.2, 0.25) is 0 Å². The molecule has 0 aromatic heterocycles. The first-order chi connectivity index (χ1) is 9.74. The van der Waals surface area contributed by atoms with Crippen LogP contribution in [0.4, 0.5) is 5.69 Å². The van der Waals surface area contributed by atoms with E-state index >= 15 is 0 Å². The van der Waals surface area contributed by atoms with E-state index in [-0.39, 0.29) is 23.8 Å². The summed E-state index contributed by atoms with van der Waals surface area (Å²) in [5.41, 5.74) is 7.37. The smallest absolute Gasteiger partial charge is 0.243 e. The molecule has 21 heavy (non-hydrogen) atoms. The zero-order chi connectivity index (χ0) is 16.0. The molecule has 2 amide bonds. The Morgan fingerprint density at radius 2 is 1.95 bits per heavy atom. The number of rotatable bonds is 5.